The maximum Gasteiger partial charge on any atom is 0.522 e. The molecule has 9 aliphatic carbocycles. The van der Waals surface area contributed by atoms with Gasteiger partial charge in [0.15, 0.2) is 6.10 Å². The summed E-state index contributed by atoms with van der Waals surface area (Å²) in [6, 6.07) is 2.83. The molecule has 2 aromatic heterocycles. The van der Waals surface area contributed by atoms with Crippen LogP contribution in [0.5, 0.6) is 5.75 Å². The predicted molar refractivity (Wildman–Crippen MR) is 202 cm³/mol. The molecular formula is C42H42ClF9N6O8. The number of nitrogens with one attached hydrogen (secondary N) is 2. The van der Waals surface area contributed by atoms with Crippen molar-refractivity contribution in [2.24, 2.45) is 11.8 Å². The van der Waals surface area contributed by atoms with Crippen molar-refractivity contribution in [3.8, 4) is 5.75 Å². The number of halogens is 10. The third kappa shape index (κ3) is 8.09. The van der Waals surface area contributed by atoms with Crippen LogP contribution in [-0.4, -0.2) is 87.3 Å². The van der Waals surface area contributed by atoms with Crippen LogP contribution in [0.4, 0.5) is 39.5 Å². The van der Waals surface area contributed by atoms with Crippen molar-refractivity contribution >= 4 is 23.4 Å². The number of carbonyl (C=O) groups excluding carboxylic acids is 2. The molecule has 24 heteroatoms. The zero-order chi connectivity index (χ0) is 46.3. The predicted octanol–water partition coefficient (Wildman–Crippen LogP) is 7.99. The fourth-order valence-electron chi connectivity index (χ4n) is 12.3. The van der Waals surface area contributed by atoms with Crippen LogP contribution in [0.3, 0.4) is 0 Å². The van der Waals surface area contributed by atoms with Crippen LogP contribution >= 0.6 is 11.6 Å². The van der Waals surface area contributed by atoms with Gasteiger partial charge in [-0.1, -0.05) is 11.6 Å². The Hall–Kier alpha value is -4.22. The third-order valence-electron chi connectivity index (χ3n) is 15.5. The smallest absolute Gasteiger partial charge is 0.480 e. The number of aromatic nitrogens is 4. The first kappa shape index (κ1) is 44.3. The van der Waals surface area contributed by atoms with Crippen molar-refractivity contribution in [1.29, 1.82) is 0 Å². The Bertz CT molecular complexity index is 2390. The molecule has 13 rings (SSSR count). The lowest BCUT2D eigenvalue weighted by atomic mass is 9.39. The van der Waals surface area contributed by atoms with Gasteiger partial charge in [-0.25, -0.2) is 0 Å². The van der Waals surface area contributed by atoms with Crippen molar-refractivity contribution < 1.29 is 76.9 Å². The number of benzene rings is 1. The zero-order valence-corrected chi connectivity index (χ0v) is 35.4. The summed E-state index contributed by atoms with van der Waals surface area (Å²) >= 11 is 6.56. The number of ether oxygens (including phenoxy) is 4. The highest BCUT2D eigenvalue weighted by Crippen LogP contribution is 2.68. The molecule has 1 aliphatic heterocycles. The highest BCUT2D eigenvalue weighted by molar-refractivity contribution is 6.30. The summed E-state index contributed by atoms with van der Waals surface area (Å²) in [7, 11) is 0. The number of rotatable bonds is 14. The van der Waals surface area contributed by atoms with Gasteiger partial charge in [-0.15, -0.1) is 59.9 Å². The molecule has 10 aliphatic rings. The van der Waals surface area contributed by atoms with Gasteiger partial charge >= 0.3 is 19.1 Å². The van der Waals surface area contributed by atoms with Crippen molar-refractivity contribution in [3.05, 3.63) is 51.8 Å². The number of hydrogen-bond donors (Lipinski definition) is 2. The highest BCUT2D eigenvalue weighted by Gasteiger charge is 2.72. The fourth-order valence-corrected chi connectivity index (χ4v) is 12.6. The van der Waals surface area contributed by atoms with Crippen LogP contribution in [0.1, 0.15) is 136 Å². The van der Waals surface area contributed by atoms with Gasteiger partial charge in [0.2, 0.25) is 29.5 Å². The molecule has 14 nitrogen and oxygen atoms in total. The van der Waals surface area contributed by atoms with Gasteiger partial charge in [0.05, 0.1) is 29.1 Å². The van der Waals surface area contributed by atoms with E-state index < -0.39 is 77.6 Å². The molecule has 1 aromatic carbocycles. The number of amides is 2. The van der Waals surface area contributed by atoms with Crippen LogP contribution in [0.25, 0.3) is 0 Å². The van der Waals surface area contributed by atoms with Crippen LogP contribution in [0.2, 0.25) is 5.02 Å². The fraction of sp³-hybridized carbons (Fsp3) is 0.714. The molecule has 9 fully saturated rings. The standard InChI is InChI=1S/C42H42ClF9N6O8/c43-21-5-18-8-28(32(60)53-26-13-37(11-20(26)12-37)35-57-55-33(62-35)19-6-23(7-19)65-41(47,48)49)61-31(18)24(9-21)30-25(10-27(30)66-42(50,51)52)34-56-58-36(63-34)38-14-39(15-38,16-38)54-29(59)2-1-17-3-22(4-17)64-40(44,45)46/h5,9,17,19-20,22-23,25-28,30H,1-4,6-8,10-16H2,(H,53,60)(H,54,59)/t17?,19?,20?,22?,23?,25?,26-,27?,28?,30?,37?,38?,39?/m1/s1. The van der Waals surface area contributed by atoms with E-state index in [1.165, 1.54) is 6.07 Å². The maximum absolute atomic E-state index is 13.8. The second-order valence-corrected chi connectivity index (χ2v) is 20.4. The molecular weight excluding hydrogens is 923 g/mol. The van der Waals surface area contributed by atoms with E-state index in [0.717, 1.165) is 0 Å². The normalized spacial score (nSPS) is 37.2. The van der Waals surface area contributed by atoms with Crippen molar-refractivity contribution in [3.63, 3.8) is 0 Å². The summed E-state index contributed by atoms with van der Waals surface area (Å²) in [5, 5.41) is 23.2. The number of carbonyl (C=O) groups is 2. The van der Waals surface area contributed by atoms with Crippen molar-refractivity contribution in [2.45, 2.75) is 174 Å². The summed E-state index contributed by atoms with van der Waals surface area (Å²) in [6.07, 6.45) is -13.9. The topological polar surface area (TPSA) is 173 Å². The molecule has 5 atom stereocenters. The van der Waals surface area contributed by atoms with Crippen molar-refractivity contribution in [1.82, 2.24) is 31.0 Å². The van der Waals surface area contributed by atoms with E-state index in [2.05, 4.69) is 45.2 Å². The van der Waals surface area contributed by atoms with E-state index in [1.807, 2.05) is 0 Å². The lowest BCUT2D eigenvalue weighted by Gasteiger charge is -2.68. The summed E-state index contributed by atoms with van der Waals surface area (Å²) in [4.78, 5) is 26.5. The lowest BCUT2D eigenvalue weighted by molar-refractivity contribution is -0.356. The second kappa shape index (κ2) is 15.1. The first-order valence-corrected chi connectivity index (χ1v) is 22.4. The van der Waals surface area contributed by atoms with E-state index in [4.69, 9.17) is 25.2 Å². The van der Waals surface area contributed by atoms with Gasteiger partial charge in [-0.3, -0.25) is 23.8 Å². The molecule has 0 saturated heterocycles. The molecule has 0 radical (unpaired) electrons. The largest absolute Gasteiger partial charge is 0.522 e. The molecule has 358 valence electrons. The Labute approximate surface area is 373 Å². The van der Waals surface area contributed by atoms with Crippen molar-refractivity contribution in [2.75, 3.05) is 0 Å². The number of fused-ring (bicyclic) bond motifs is 2. The summed E-state index contributed by atoms with van der Waals surface area (Å²) in [5.41, 5.74) is -0.642. The van der Waals surface area contributed by atoms with Crippen LogP contribution < -0.4 is 15.4 Å². The molecule has 4 unspecified atom stereocenters. The van der Waals surface area contributed by atoms with Crippen LogP contribution in [-0.2, 0) is 41.1 Å². The SMILES string of the molecule is O=C(CCC1CC(OC(F)(F)F)C1)NC12CC(c3nnc(C4CC(OC(F)(F)F)C4c4cc(Cl)cc5c4OC(C(=O)N[C@@H]4CC6(c7nnc(C8CC(OC(F)(F)F)C8)o7)CC4C6)C5)o3)(C1)C2. The quantitative estimate of drug-likeness (QED) is 0.149. The minimum absolute atomic E-state index is 0.0218. The highest BCUT2D eigenvalue weighted by atomic mass is 35.5. The molecule has 66 heavy (non-hydrogen) atoms. The minimum atomic E-state index is -4.97. The Morgan fingerprint density at radius 3 is 2.06 bits per heavy atom. The molecule has 2 N–H and O–H groups in total. The number of nitrogens with zero attached hydrogens (tertiary/aromatic N) is 4. The van der Waals surface area contributed by atoms with Crippen LogP contribution in [0.15, 0.2) is 21.0 Å². The Morgan fingerprint density at radius 1 is 0.773 bits per heavy atom. The Balaban J connectivity index is 0.710. The van der Waals surface area contributed by atoms with E-state index in [1.54, 1.807) is 6.07 Å². The lowest BCUT2D eigenvalue weighted by Crippen LogP contribution is -2.76. The van der Waals surface area contributed by atoms with E-state index in [-0.39, 0.29) is 97.2 Å². The van der Waals surface area contributed by atoms with Gasteiger partial charge in [-0.2, -0.15) is 0 Å². The number of hydrogen-bond acceptors (Lipinski definition) is 12. The van der Waals surface area contributed by atoms with E-state index >= 15 is 0 Å². The zero-order valence-electron chi connectivity index (χ0n) is 34.7. The van der Waals surface area contributed by atoms with Gasteiger partial charge in [0.25, 0.3) is 5.91 Å². The average Bonchev–Trinajstić information content (AvgIpc) is 3.96. The van der Waals surface area contributed by atoms with Gasteiger partial charge < -0.3 is 24.2 Å². The number of alkyl halides is 9. The third-order valence-corrected chi connectivity index (χ3v) is 15.7. The van der Waals surface area contributed by atoms with E-state index in [9.17, 15) is 49.1 Å². The molecule has 2 amide bonds. The Morgan fingerprint density at radius 2 is 1.39 bits per heavy atom. The van der Waals surface area contributed by atoms with Crippen LogP contribution in [0, 0.1) is 11.8 Å². The monoisotopic (exact) mass is 964 g/mol. The average molecular weight is 965 g/mol. The van der Waals surface area contributed by atoms with Gasteiger partial charge in [0, 0.05) is 58.3 Å². The van der Waals surface area contributed by atoms with Gasteiger partial charge in [0.1, 0.15) is 5.75 Å². The first-order chi connectivity index (χ1) is 31.0. The van der Waals surface area contributed by atoms with Gasteiger partial charge in [-0.05, 0) is 101 Å². The molecule has 3 aromatic rings. The summed E-state index contributed by atoms with van der Waals surface area (Å²) in [5.74, 6) is -1.34. The minimum Gasteiger partial charge on any atom is -0.480 e. The molecule has 9 saturated carbocycles. The molecule has 0 spiro atoms. The molecule has 3 heterocycles. The van der Waals surface area contributed by atoms with E-state index in [0.29, 0.717) is 67.9 Å². The Kier molecular flexibility index (Phi) is 10.2. The first-order valence-electron chi connectivity index (χ1n) is 22.0. The maximum atomic E-state index is 13.8. The summed E-state index contributed by atoms with van der Waals surface area (Å²) in [6.45, 7) is 0. The second-order valence-electron chi connectivity index (χ2n) is 20.0. The molecule has 4 bridgehead atoms. The summed E-state index contributed by atoms with van der Waals surface area (Å²) < 4.78 is 147.